The number of benzene rings is 2. The van der Waals surface area contributed by atoms with E-state index in [1.54, 1.807) is 23.4 Å². The Kier molecular flexibility index (Phi) is 6.04. The van der Waals surface area contributed by atoms with Gasteiger partial charge in [-0.15, -0.1) is 0 Å². The molecule has 0 aliphatic carbocycles. The van der Waals surface area contributed by atoms with E-state index in [0.29, 0.717) is 25.1 Å². The number of hydrogen-bond donors (Lipinski definition) is 2. The lowest BCUT2D eigenvalue weighted by Gasteiger charge is -2.30. The molecule has 8 heteroatoms. The van der Waals surface area contributed by atoms with Gasteiger partial charge >= 0.3 is 0 Å². The second kappa shape index (κ2) is 9.18. The van der Waals surface area contributed by atoms with Crippen LogP contribution in [0, 0.1) is 11.3 Å². The molecule has 0 bridgehead atoms. The maximum absolute atomic E-state index is 14.0. The fourth-order valence-electron chi connectivity index (χ4n) is 5.26. The molecule has 184 valence electrons. The Labute approximate surface area is 210 Å². The minimum absolute atomic E-state index is 0.0703. The zero-order valence-electron chi connectivity index (χ0n) is 20.7. The number of rotatable bonds is 6. The van der Waals surface area contributed by atoms with Crippen molar-refractivity contribution in [3.05, 3.63) is 95.1 Å². The highest BCUT2D eigenvalue weighted by atomic mass is 16.2. The first-order valence-corrected chi connectivity index (χ1v) is 12.2. The predicted molar refractivity (Wildman–Crippen MR) is 136 cm³/mol. The average molecular weight is 483 g/mol. The van der Waals surface area contributed by atoms with E-state index in [-0.39, 0.29) is 23.7 Å². The summed E-state index contributed by atoms with van der Waals surface area (Å²) in [6, 6.07) is 16.5. The highest BCUT2D eigenvalue weighted by molar-refractivity contribution is 6.08. The van der Waals surface area contributed by atoms with Gasteiger partial charge in [-0.2, -0.15) is 0 Å². The number of hydrogen-bond acceptors (Lipinski definition) is 5. The molecule has 2 aliphatic rings. The number of fused-ring (bicyclic) bond motifs is 1. The Morgan fingerprint density at radius 2 is 1.69 bits per heavy atom. The molecule has 1 saturated heterocycles. The van der Waals surface area contributed by atoms with Crippen molar-refractivity contribution >= 4 is 17.8 Å². The van der Waals surface area contributed by atoms with Crippen molar-refractivity contribution in [3.8, 4) is 0 Å². The fourth-order valence-corrected chi connectivity index (χ4v) is 5.26. The first kappa shape index (κ1) is 23.7. The Bertz CT molecular complexity index is 1300. The molecule has 2 amide bonds. The molecule has 0 saturated carbocycles. The number of amides is 2. The number of carbonyl (C=O) groups excluding carboxylic acids is 2. The topological polar surface area (TPSA) is 102 Å². The maximum atomic E-state index is 14.0. The van der Waals surface area contributed by atoms with Crippen LogP contribution in [0.4, 0.5) is 0 Å². The second-order valence-electron chi connectivity index (χ2n) is 9.93. The highest BCUT2D eigenvalue weighted by Crippen LogP contribution is 2.38. The SMILES string of the molecule is CC(C)CC1(c2ccccc2)NC(=N)N(C(C)c2cccc(C(=O)N3Cc4nccnc4C3)c2)C1=O. The molecule has 5 rings (SSSR count). The maximum Gasteiger partial charge on any atom is 0.260 e. The Balaban J connectivity index is 1.41. The summed E-state index contributed by atoms with van der Waals surface area (Å²) in [7, 11) is 0. The standard InChI is InChI=1S/C28H30N6O2/c1-18(2)15-28(22-10-5-4-6-11-22)26(36)34(27(29)32-28)19(3)20-8-7-9-21(14-20)25(35)33-16-23-24(17-33)31-13-12-30-23/h4-14,18-19H,15-17H2,1-3H3,(H2,29,32). The molecule has 2 N–H and O–H groups in total. The normalized spacial score (nSPS) is 20.0. The third-order valence-electron chi connectivity index (χ3n) is 6.97. The molecule has 2 unspecified atom stereocenters. The van der Waals surface area contributed by atoms with Crippen LogP contribution in [-0.4, -0.2) is 37.5 Å². The van der Waals surface area contributed by atoms with Crippen molar-refractivity contribution in [2.75, 3.05) is 0 Å². The molecular formula is C28H30N6O2. The van der Waals surface area contributed by atoms with Gasteiger partial charge in [0.1, 0.15) is 5.54 Å². The predicted octanol–water partition coefficient (Wildman–Crippen LogP) is 4.00. The van der Waals surface area contributed by atoms with Crippen LogP contribution in [0.25, 0.3) is 0 Å². The van der Waals surface area contributed by atoms with Gasteiger partial charge in [-0.1, -0.05) is 56.3 Å². The molecule has 1 aromatic heterocycles. The number of nitrogens with one attached hydrogen (secondary N) is 2. The zero-order chi connectivity index (χ0) is 25.4. The van der Waals surface area contributed by atoms with Crippen LogP contribution in [0.5, 0.6) is 0 Å². The lowest BCUT2D eigenvalue weighted by atomic mass is 9.82. The van der Waals surface area contributed by atoms with Gasteiger partial charge < -0.3 is 10.2 Å². The van der Waals surface area contributed by atoms with Crippen molar-refractivity contribution in [2.24, 2.45) is 5.92 Å². The van der Waals surface area contributed by atoms with E-state index in [0.717, 1.165) is 22.5 Å². The Morgan fingerprint density at radius 3 is 2.33 bits per heavy atom. The summed E-state index contributed by atoms with van der Waals surface area (Å²) < 4.78 is 0. The quantitative estimate of drug-likeness (QED) is 0.553. The molecular weight excluding hydrogens is 452 g/mol. The van der Waals surface area contributed by atoms with E-state index in [9.17, 15) is 9.59 Å². The van der Waals surface area contributed by atoms with Crippen molar-refractivity contribution in [3.63, 3.8) is 0 Å². The molecule has 36 heavy (non-hydrogen) atoms. The van der Waals surface area contributed by atoms with Gasteiger partial charge in [-0.05, 0) is 42.5 Å². The molecule has 8 nitrogen and oxygen atoms in total. The Hall–Kier alpha value is -4.07. The van der Waals surface area contributed by atoms with E-state index >= 15 is 0 Å². The number of nitrogens with zero attached hydrogens (tertiary/aromatic N) is 4. The van der Waals surface area contributed by atoms with Crippen LogP contribution in [0.15, 0.2) is 67.0 Å². The van der Waals surface area contributed by atoms with Gasteiger partial charge in [-0.25, -0.2) is 0 Å². The van der Waals surface area contributed by atoms with Crippen molar-refractivity contribution in [1.82, 2.24) is 25.1 Å². The fraction of sp³-hybridized carbons (Fsp3) is 0.321. The van der Waals surface area contributed by atoms with Gasteiger partial charge in [0.25, 0.3) is 11.8 Å². The molecule has 2 aliphatic heterocycles. The average Bonchev–Trinajstić information content (AvgIpc) is 3.42. The first-order chi connectivity index (χ1) is 17.3. The molecule has 3 aromatic rings. The summed E-state index contributed by atoms with van der Waals surface area (Å²) in [6.07, 6.45) is 3.84. The molecule has 0 radical (unpaired) electrons. The van der Waals surface area contributed by atoms with Crippen molar-refractivity contribution < 1.29 is 9.59 Å². The zero-order valence-corrected chi connectivity index (χ0v) is 20.7. The summed E-state index contributed by atoms with van der Waals surface area (Å²) in [4.78, 5) is 39.2. The van der Waals surface area contributed by atoms with Crippen LogP contribution < -0.4 is 5.32 Å². The van der Waals surface area contributed by atoms with Crippen LogP contribution in [-0.2, 0) is 23.4 Å². The third-order valence-corrected chi connectivity index (χ3v) is 6.97. The van der Waals surface area contributed by atoms with Gasteiger partial charge in [0.05, 0.1) is 30.5 Å². The van der Waals surface area contributed by atoms with Gasteiger partial charge in [-0.3, -0.25) is 29.9 Å². The van der Waals surface area contributed by atoms with E-state index in [1.807, 2.05) is 55.5 Å². The van der Waals surface area contributed by atoms with Gasteiger partial charge in [0.2, 0.25) is 0 Å². The highest BCUT2D eigenvalue weighted by Gasteiger charge is 2.52. The number of carbonyl (C=O) groups is 2. The largest absolute Gasteiger partial charge is 0.338 e. The summed E-state index contributed by atoms with van der Waals surface area (Å²) in [6.45, 7) is 6.90. The summed E-state index contributed by atoms with van der Waals surface area (Å²) in [5.74, 6) is 0.0483. The molecule has 0 spiro atoms. The first-order valence-electron chi connectivity index (χ1n) is 12.2. The lowest BCUT2D eigenvalue weighted by molar-refractivity contribution is -0.133. The molecule has 1 fully saturated rings. The second-order valence-corrected chi connectivity index (χ2v) is 9.93. The number of guanidine groups is 1. The van der Waals surface area contributed by atoms with Crippen LogP contribution in [0.2, 0.25) is 0 Å². The third kappa shape index (κ3) is 4.02. The molecule has 3 heterocycles. The van der Waals surface area contributed by atoms with Crippen molar-refractivity contribution in [2.45, 2.75) is 51.9 Å². The smallest absolute Gasteiger partial charge is 0.260 e. The summed E-state index contributed by atoms with van der Waals surface area (Å²) in [5.41, 5.74) is 2.83. The monoisotopic (exact) mass is 482 g/mol. The minimum Gasteiger partial charge on any atom is -0.338 e. The van der Waals surface area contributed by atoms with E-state index in [1.165, 1.54) is 4.90 Å². The van der Waals surface area contributed by atoms with Crippen LogP contribution in [0.1, 0.15) is 66.1 Å². The summed E-state index contributed by atoms with van der Waals surface area (Å²) >= 11 is 0. The van der Waals surface area contributed by atoms with Gasteiger partial charge in [0.15, 0.2) is 5.96 Å². The van der Waals surface area contributed by atoms with E-state index < -0.39 is 11.6 Å². The van der Waals surface area contributed by atoms with Crippen LogP contribution in [0.3, 0.4) is 0 Å². The molecule has 2 aromatic carbocycles. The summed E-state index contributed by atoms with van der Waals surface area (Å²) in [5, 5.41) is 11.9. The van der Waals surface area contributed by atoms with Gasteiger partial charge in [0, 0.05) is 18.0 Å². The van der Waals surface area contributed by atoms with E-state index in [4.69, 9.17) is 5.41 Å². The molecule has 2 atom stereocenters. The lowest BCUT2D eigenvalue weighted by Crippen LogP contribution is -2.45. The minimum atomic E-state index is -0.991. The van der Waals surface area contributed by atoms with Crippen molar-refractivity contribution in [1.29, 1.82) is 5.41 Å². The Morgan fingerprint density at radius 1 is 1.03 bits per heavy atom. The van der Waals surface area contributed by atoms with Crippen LogP contribution >= 0.6 is 0 Å². The number of aromatic nitrogens is 2. The van der Waals surface area contributed by atoms with E-state index in [2.05, 4.69) is 29.1 Å².